The fourth-order valence-electron chi connectivity index (χ4n) is 3.11. The van der Waals surface area contributed by atoms with Crippen LogP contribution in [0.15, 0.2) is 30.5 Å². The Morgan fingerprint density at radius 3 is 2.58 bits per heavy atom. The number of aromatic amines is 1. The van der Waals surface area contributed by atoms with E-state index < -0.39 is 15.5 Å². The second-order valence-electron chi connectivity index (χ2n) is 6.25. The number of alkyl halides is 3. The molecule has 0 bridgehead atoms. The fourth-order valence-corrected chi connectivity index (χ4v) is 4.09. The van der Waals surface area contributed by atoms with Crippen molar-refractivity contribution < 1.29 is 26.4 Å². The lowest BCUT2D eigenvalue weighted by atomic mass is 9.98. The van der Waals surface area contributed by atoms with Crippen molar-refractivity contribution in [3.05, 3.63) is 36.0 Å². The van der Waals surface area contributed by atoms with E-state index in [-0.39, 0.29) is 44.3 Å². The van der Waals surface area contributed by atoms with Crippen molar-refractivity contribution in [3.8, 4) is 0 Å². The van der Waals surface area contributed by atoms with Gasteiger partial charge in [-0.25, -0.2) is 8.42 Å². The van der Waals surface area contributed by atoms with Gasteiger partial charge in [0, 0.05) is 31.2 Å². The molecule has 0 aliphatic carbocycles. The molecular weight excluding hydrogens is 371 g/mol. The van der Waals surface area contributed by atoms with Crippen molar-refractivity contribution >= 4 is 26.8 Å². The maximum atomic E-state index is 12.6. The first kappa shape index (κ1) is 18.7. The molecule has 10 heteroatoms. The number of piperidine rings is 1. The summed E-state index contributed by atoms with van der Waals surface area (Å²) in [5.74, 6) is -0.343. The zero-order chi connectivity index (χ0) is 18.9. The predicted molar refractivity (Wildman–Crippen MR) is 89.9 cm³/mol. The molecule has 0 unspecified atom stereocenters. The molecule has 6 nitrogen and oxygen atoms in total. The highest BCUT2D eigenvalue weighted by atomic mass is 32.2. The van der Waals surface area contributed by atoms with Crippen LogP contribution in [0.4, 0.5) is 13.2 Å². The Labute approximate surface area is 148 Å². The number of carbonyl (C=O) groups excluding carboxylic acids is 1. The Bertz CT molecular complexity index is 900. The number of nitrogens with one attached hydrogen (secondary N) is 2. The number of aromatic nitrogens is 1. The van der Waals surface area contributed by atoms with Crippen molar-refractivity contribution in [3.63, 3.8) is 0 Å². The summed E-state index contributed by atoms with van der Waals surface area (Å²) in [5.41, 5.74) is -4.07. The topological polar surface area (TPSA) is 82.3 Å². The van der Waals surface area contributed by atoms with Crippen molar-refractivity contribution in [2.45, 2.75) is 18.3 Å². The normalized spacial score (nSPS) is 17.5. The molecule has 1 aliphatic heterocycles. The third-order valence-corrected chi connectivity index (χ3v) is 6.22. The van der Waals surface area contributed by atoms with Gasteiger partial charge in [0.05, 0.1) is 11.1 Å². The Kier molecular flexibility index (Phi) is 4.98. The zero-order valence-corrected chi connectivity index (χ0v) is 14.5. The maximum absolute atomic E-state index is 12.6. The molecule has 2 heterocycles. The van der Waals surface area contributed by atoms with Gasteiger partial charge in [0.15, 0.2) is 0 Å². The number of rotatable bonds is 4. The third-order valence-electron chi connectivity index (χ3n) is 4.59. The first-order valence-corrected chi connectivity index (χ1v) is 9.55. The summed E-state index contributed by atoms with van der Waals surface area (Å²) in [5, 5.41) is 3.69. The molecule has 142 valence electrons. The number of halogens is 3. The average molecular weight is 389 g/mol. The Balaban J connectivity index is 1.56. The number of para-hydroxylation sites is 1. The Morgan fingerprint density at radius 1 is 1.23 bits per heavy atom. The number of carbonyl (C=O) groups is 1. The molecule has 0 spiro atoms. The molecule has 1 fully saturated rings. The number of nitrogens with zero attached hydrogens (tertiary/aromatic N) is 1. The van der Waals surface area contributed by atoms with E-state index in [1.807, 2.05) is 12.1 Å². The predicted octanol–water partition coefficient (Wildman–Crippen LogP) is 2.46. The van der Waals surface area contributed by atoms with Crippen LogP contribution in [0, 0.1) is 5.92 Å². The first-order chi connectivity index (χ1) is 12.2. The molecule has 26 heavy (non-hydrogen) atoms. The summed E-state index contributed by atoms with van der Waals surface area (Å²) in [4.78, 5) is 15.4. The lowest BCUT2D eigenvalue weighted by Gasteiger charge is -2.31. The summed E-state index contributed by atoms with van der Waals surface area (Å²) >= 11 is 0. The number of H-pyrrole nitrogens is 1. The van der Waals surface area contributed by atoms with Crippen molar-refractivity contribution in [1.82, 2.24) is 14.6 Å². The van der Waals surface area contributed by atoms with Crippen LogP contribution in [0.3, 0.4) is 0 Å². The Morgan fingerprint density at radius 2 is 1.92 bits per heavy atom. The van der Waals surface area contributed by atoms with Gasteiger partial charge >= 0.3 is 15.5 Å². The highest BCUT2D eigenvalue weighted by molar-refractivity contribution is 7.90. The van der Waals surface area contributed by atoms with E-state index >= 15 is 0 Å². The Hall–Kier alpha value is -2.07. The van der Waals surface area contributed by atoms with Crippen LogP contribution in [0.1, 0.15) is 23.2 Å². The summed E-state index contributed by atoms with van der Waals surface area (Å²) in [7, 11) is -5.27. The molecular formula is C16H18F3N3O3S. The van der Waals surface area contributed by atoms with Gasteiger partial charge in [0.2, 0.25) is 0 Å². The van der Waals surface area contributed by atoms with Crippen LogP contribution in [0.2, 0.25) is 0 Å². The van der Waals surface area contributed by atoms with Crippen LogP contribution in [0.5, 0.6) is 0 Å². The minimum Gasteiger partial charge on any atom is -0.361 e. The van der Waals surface area contributed by atoms with E-state index in [0.717, 1.165) is 10.9 Å². The monoisotopic (exact) mass is 389 g/mol. The molecule has 3 rings (SSSR count). The third kappa shape index (κ3) is 3.56. The van der Waals surface area contributed by atoms with E-state index in [1.54, 1.807) is 18.3 Å². The second kappa shape index (κ2) is 6.92. The summed E-state index contributed by atoms with van der Waals surface area (Å²) in [6.45, 7) is -0.112. The average Bonchev–Trinajstić information content (AvgIpc) is 3.07. The van der Waals surface area contributed by atoms with E-state index in [4.69, 9.17) is 0 Å². The van der Waals surface area contributed by atoms with Gasteiger partial charge in [-0.05, 0) is 30.9 Å². The van der Waals surface area contributed by atoms with E-state index in [0.29, 0.717) is 9.87 Å². The van der Waals surface area contributed by atoms with Gasteiger partial charge in [-0.2, -0.15) is 17.5 Å². The van der Waals surface area contributed by atoms with Crippen LogP contribution < -0.4 is 5.32 Å². The van der Waals surface area contributed by atoms with Gasteiger partial charge in [0.1, 0.15) is 0 Å². The largest absolute Gasteiger partial charge is 0.511 e. The molecule has 1 saturated heterocycles. The van der Waals surface area contributed by atoms with Crippen LogP contribution in [-0.2, 0) is 10.0 Å². The summed E-state index contributed by atoms with van der Waals surface area (Å²) in [6, 6.07) is 7.18. The minimum absolute atomic E-state index is 0.0681. The molecule has 2 N–H and O–H groups in total. The highest BCUT2D eigenvalue weighted by Crippen LogP contribution is 2.30. The lowest BCUT2D eigenvalue weighted by Crippen LogP contribution is -2.46. The van der Waals surface area contributed by atoms with Gasteiger partial charge in [-0.3, -0.25) is 4.79 Å². The molecule has 0 radical (unpaired) electrons. The van der Waals surface area contributed by atoms with Crippen LogP contribution in [-0.4, -0.2) is 48.8 Å². The maximum Gasteiger partial charge on any atom is 0.511 e. The molecule has 1 amide bonds. The zero-order valence-electron chi connectivity index (χ0n) is 13.7. The van der Waals surface area contributed by atoms with Gasteiger partial charge < -0.3 is 10.3 Å². The van der Waals surface area contributed by atoms with Gasteiger partial charge in [-0.15, -0.1) is 0 Å². The summed E-state index contributed by atoms with van der Waals surface area (Å²) in [6.07, 6.45) is 2.27. The quantitative estimate of drug-likeness (QED) is 0.843. The number of amides is 1. The molecule has 0 atom stereocenters. The fraction of sp³-hybridized carbons (Fsp3) is 0.438. The molecule has 0 saturated carbocycles. The van der Waals surface area contributed by atoms with Crippen molar-refractivity contribution in [1.29, 1.82) is 0 Å². The van der Waals surface area contributed by atoms with Crippen molar-refractivity contribution in [2.24, 2.45) is 5.92 Å². The highest BCUT2D eigenvalue weighted by Gasteiger charge is 2.50. The second-order valence-corrected chi connectivity index (χ2v) is 8.18. The number of hydrogen-bond acceptors (Lipinski definition) is 3. The van der Waals surface area contributed by atoms with E-state index in [2.05, 4.69) is 10.3 Å². The number of hydrogen-bond donors (Lipinski definition) is 2. The van der Waals surface area contributed by atoms with Crippen LogP contribution in [0.25, 0.3) is 10.9 Å². The van der Waals surface area contributed by atoms with E-state index in [1.165, 1.54) is 0 Å². The van der Waals surface area contributed by atoms with Gasteiger partial charge in [-0.1, -0.05) is 12.1 Å². The number of sulfonamides is 1. The SMILES string of the molecule is O=C(NCC1CCN(S(=O)(=O)C(F)(F)F)CC1)c1cccc2cc[nH]c12. The smallest absolute Gasteiger partial charge is 0.361 e. The first-order valence-electron chi connectivity index (χ1n) is 8.11. The number of fused-ring (bicyclic) bond motifs is 1. The minimum atomic E-state index is -5.28. The molecule has 1 aliphatic rings. The van der Waals surface area contributed by atoms with E-state index in [9.17, 15) is 26.4 Å². The van der Waals surface area contributed by atoms with Crippen LogP contribution >= 0.6 is 0 Å². The summed E-state index contributed by atoms with van der Waals surface area (Å²) < 4.78 is 61.0. The molecule has 2 aromatic rings. The van der Waals surface area contributed by atoms with Gasteiger partial charge in [0.25, 0.3) is 5.91 Å². The van der Waals surface area contributed by atoms with Crippen molar-refractivity contribution in [2.75, 3.05) is 19.6 Å². The molecule has 1 aromatic carbocycles. The number of benzene rings is 1. The standard InChI is InChI=1S/C16H18F3N3O3S/c17-16(18,19)26(24,25)22-8-5-11(6-9-22)10-21-15(23)13-3-1-2-12-4-7-20-14(12)13/h1-4,7,11,20H,5-6,8-10H2,(H,21,23). The lowest BCUT2D eigenvalue weighted by molar-refractivity contribution is -0.0496. The molecule has 1 aromatic heterocycles.